The van der Waals surface area contributed by atoms with Crippen LogP contribution in [0.1, 0.15) is 16.2 Å². The number of benzene rings is 2. The van der Waals surface area contributed by atoms with Gasteiger partial charge in [0.25, 0.3) is 5.91 Å². The minimum absolute atomic E-state index is 0.0639. The highest BCUT2D eigenvalue weighted by Gasteiger charge is 2.25. The van der Waals surface area contributed by atoms with Gasteiger partial charge in [0, 0.05) is 41.8 Å². The standard InChI is InChI=1S/C21H20Cl2N4O3/c1-29-18-12-16(23)6-7-17(18)21(28)27-10-8-26(9-11-27)13-19-24-20(25-30-19)14-2-4-15(22)5-3-14/h2-7,12H,8-11,13H2,1H3. The second-order valence-corrected chi connectivity index (χ2v) is 7.80. The second-order valence-electron chi connectivity index (χ2n) is 6.93. The SMILES string of the molecule is COc1cc(Cl)ccc1C(=O)N1CCN(Cc2nc(-c3ccc(Cl)cc3)no2)CC1. The number of carbonyl (C=O) groups excluding carboxylic acids is 1. The van der Waals surface area contributed by atoms with Crippen LogP contribution in [0.5, 0.6) is 5.75 Å². The Hall–Kier alpha value is -2.61. The Kier molecular flexibility index (Phi) is 6.22. The summed E-state index contributed by atoms with van der Waals surface area (Å²) in [6.45, 7) is 3.15. The van der Waals surface area contributed by atoms with Crippen molar-refractivity contribution in [2.75, 3.05) is 33.3 Å². The summed E-state index contributed by atoms with van der Waals surface area (Å²) in [5.41, 5.74) is 1.36. The highest BCUT2D eigenvalue weighted by Crippen LogP contribution is 2.25. The van der Waals surface area contributed by atoms with Gasteiger partial charge in [-0.05, 0) is 42.5 Å². The predicted octanol–water partition coefficient (Wildman–Crippen LogP) is 4.01. The molecule has 1 aromatic heterocycles. The van der Waals surface area contributed by atoms with E-state index in [0.717, 1.165) is 5.56 Å². The number of carbonyl (C=O) groups is 1. The van der Waals surface area contributed by atoms with Crippen LogP contribution in [0.2, 0.25) is 10.0 Å². The highest BCUT2D eigenvalue weighted by molar-refractivity contribution is 6.31. The summed E-state index contributed by atoms with van der Waals surface area (Å²) in [4.78, 5) is 21.3. The molecule has 0 aliphatic carbocycles. The Bertz CT molecular complexity index is 1030. The molecule has 0 saturated carbocycles. The molecular weight excluding hydrogens is 427 g/mol. The first kappa shape index (κ1) is 20.7. The average molecular weight is 447 g/mol. The third kappa shape index (κ3) is 4.59. The van der Waals surface area contributed by atoms with Gasteiger partial charge in [-0.25, -0.2) is 0 Å². The molecule has 0 radical (unpaired) electrons. The number of hydrogen-bond donors (Lipinski definition) is 0. The number of aromatic nitrogens is 2. The van der Waals surface area contributed by atoms with Gasteiger partial charge in [-0.1, -0.05) is 28.4 Å². The molecular formula is C21H20Cl2N4O3. The quantitative estimate of drug-likeness (QED) is 0.589. The van der Waals surface area contributed by atoms with Gasteiger partial charge in [0.1, 0.15) is 5.75 Å². The number of methoxy groups -OCH3 is 1. The largest absolute Gasteiger partial charge is 0.496 e. The normalized spacial score (nSPS) is 14.7. The maximum Gasteiger partial charge on any atom is 0.257 e. The monoisotopic (exact) mass is 446 g/mol. The van der Waals surface area contributed by atoms with Gasteiger partial charge in [-0.3, -0.25) is 9.69 Å². The first-order valence-corrected chi connectivity index (χ1v) is 10.2. The van der Waals surface area contributed by atoms with Crippen LogP contribution in [0, 0.1) is 0 Å². The molecule has 2 heterocycles. The van der Waals surface area contributed by atoms with E-state index in [9.17, 15) is 4.79 Å². The van der Waals surface area contributed by atoms with Crippen LogP contribution in [0.15, 0.2) is 47.0 Å². The van der Waals surface area contributed by atoms with Crippen LogP contribution in [0.25, 0.3) is 11.4 Å². The minimum Gasteiger partial charge on any atom is -0.496 e. The molecule has 1 aliphatic rings. The molecule has 156 valence electrons. The maximum absolute atomic E-state index is 12.9. The van der Waals surface area contributed by atoms with E-state index in [1.54, 1.807) is 30.3 Å². The van der Waals surface area contributed by atoms with E-state index in [2.05, 4.69) is 15.0 Å². The highest BCUT2D eigenvalue weighted by atomic mass is 35.5. The molecule has 1 saturated heterocycles. The summed E-state index contributed by atoms with van der Waals surface area (Å²) in [6, 6.07) is 12.3. The molecule has 1 fully saturated rings. The minimum atomic E-state index is -0.0639. The molecule has 30 heavy (non-hydrogen) atoms. The van der Waals surface area contributed by atoms with Crippen molar-refractivity contribution in [2.45, 2.75) is 6.54 Å². The smallest absolute Gasteiger partial charge is 0.257 e. The lowest BCUT2D eigenvalue weighted by Crippen LogP contribution is -2.48. The van der Waals surface area contributed by atoms with Crippen molar-refractivity contribution in [1.82, 2.24) is 19.9 Å². The predicted molar refractivity (Wildman–Crippen MR) is 114 cm³/mol. The fourth-order valence-electron chi connectivity index (χ4n) is 3.35. The number of hydrogen-bond acceptors (Lipinski definition) is 6. The Morgan fingerprint density at radius 1 is 1.07 bits per heavy atom. The van der Waals surface area contributed by atoms with Gasteiger partial charge < -0.3 is 14.2 Å². The lowest BCUT2D eigenvalue weighted by atomic mass is 10.1. The molecule has 0 bridgehead atoms. The number of ether oxygens (including phenoxy) is 1. The van der Waals surface area contributed by atoms with Crippen molar-refractivity contribution < 1.29 is 14.1 Å². The second kappa shape index (κ2) is 9.04. The molecule has 7 nitrogen and oxygen atoms in total. The van der Waals surface area contributed by atoms with Gasteiger partial charge in [0.15, 0.2) is 0 Å². The van der Waals surface area contributed by atoms with Gasteiger partial charge in [-0.2, -0.15) is 4.98 Å². The molecule has 0 spiro atoms. The molecule has 4 rings (SSSR count). The zero-order valence-corrected chi connectivity index (χ0v) is 17.9. The van der Waals surface area contributed by atoms with Crippen molar-refractivity contribution in [3.8, 4) is 17.1 Å². The molecule has 0 unspecified atom stereocenters. The zero-order valence-electron chi connectivity index (χ0n) is 16.3. The summed E-state index contributed by atoms with van der Waals surface area (Å²) in [6.07, 6.45) is 0. The molecule has 0 N–H and O–H groups in total. The van der Waals surface area contributed by atoms with Gasteiger partial charge in [0.05, 0.1) is 19.2 Å². The van der Waals surface area contributed by atoms with E-state index in [1.807, 2.05) is 17.0 Å². The van der Waals surface area contributed by atoms with Crippen LogP contribution in [0.4, 0.5) is 0 Å². The van der Waals surface area contributed by atoms with Crippen LogP contribution in [-0.4, -0.2) is 59.1 Å². The number of nitrogens with zero attached hydrogens (tertiary/aromatic N) is 4. The molecule has 1 amide bonds. The van der Waals surface area contributed by atoms with E-state index in [-0.39, 0.29) is 5.91 Å². The van der Waals surface area contributed by atoms with E-state index in [0.29, 0.717) is 65.8 Å². The van der Waals surface area contributed by atoms with E-state index in [4.69, 9.17) is 32.5 Å². The Morgan fingerprint density at radius 3 is 2.47 bits per heavy atom. The van der Waals surface area contributed by atoms with Gasteiger partial charge in [-0.15, -0.1) is 0 Å². The Labute approximate surface area is 184 Å². The van der Waals surface area contributed by atoms with Crippen molar-refractivity contribution >= 4 is 29.1 Å². The Morgan fingerprint density at radius 2 is 1.77 bits per heavy atom. The number of amides is 1. The number of piperazine rings is 1. The molecule has 3 aromatic rings. The molecule has 9 heteroatoms. The fraction of sp³-hybridized carbons (Fsp3) is 0.286. The third-order valence-corrected chi connectivity index (χ3v) is 5.47. The average Bonchev–Trinajstić information content (AvgIpc) is 3.22. The third-order valence-electron chi connectivity index (χ3n) is 4.98. The van der Waals surface area contributed by atoms with Crippen LogP contribution in [0.3, 0.4) is 0 Å². The van der Waals surface area contributed by atoms with Crippen molar-refractivity contribution in [1.29, 1.82) is 0 Å². The zero-order chi connectivity index (χ0) is 21.1. The summed E-state index contributed by atoms with van der Waals surface area (Å²) < 4.78 is 10.7. The van der Waals surface area contributed by atoms with Crippen LogP contribution >= 0.6 is 23.2 Å². The van der Waals surface area contributed by atoms with E-state index in [1.165, 1.54) is 7.11 Å². The Balaban J connectivity index is 1.35. The van der Waals surface area contributed by atoms with E-state index >= 15 is 0 Å². The maximum atomic E-state index is 12.9. The number of rotatable bonds is 5. The van der Waals surface area contributed by atoms with Gasteiger partial charge in [0.2, 0.25) is 11.7 Å². The van der Waals surface area contributed by atoms with Crippen molar-refractivity contribution in [3.05, 3.63) is 64.0 Å². The van der Waals surface area contributed by atoms with E-state index < -0.39 is 0 Å². The van der Waals surface area contributed by atoms with Crippen molar-refractivity contribution in [3.63, 3.8) is 0 Å². The lowest BCUT2D eigenvalue weighted by Gasteiger charge is -2.34. The molecule has 0 atom stereocenters. The van der Waals surface area contributed by atoms with Gasteiger partial charge >= 0.3 is 0 Å². The van der Waals surface area contributed by atoms with Crippen molar-refractivity contribution in [2.24, 2.45) is 0 Å². The summed E-state index contributed by atoms with van der Waals surface area (Å²) in [5, 5.41) is 5.24. The summed E-state index contributed by atoms with van der Waals surface area (Å²) in [7, 11) is 1.53. The topological polar surface area (TPSA) is 71.7 Å². The first-order valence-electron chi connectivity index (χ1n) is 9.47. The first-order chi connectivity index (χ1) is 14.5. The molecule has 2 aromatic carbocycles. The van der Waals surface area contributed by atoms with Crippen LogP contribution in [-0.2, 0) is 6.54 Å². The van der Waals surface area contributed by atoms with Crippen LogP contribution < -0.4 is 4.74 Å². The summed E-state index contributed by atoms with van der Waals surface area (Å²) in [5.74, 6) is 1.49. The summed E-state index contributed by atoms with van der Waals surface area (Å²) >= 11 is 11.9. The molecule has 1 aliphatic heterocycles. The number of halogens is 2. The lowest BCUT2D eigenvalue weighted by molar-refractivity contribution is 0.0612. The fourth-order valence-corrected chi connectivity index (χ4v) is 3.64.